The van der Waals surface area contributed by atoms with Crippen molar-refractivity contribution in [3.63, 3.8) is 0 Å². The molecular weight excluding hydrogens is 453 g/mol. The Labute approximate surface area is 193 Å². The van der Waals surface area contributed by atoms with Crippen LogP contribution < -0.4 is 5.73 Å². The first-order chi connectivity index (χ1) is 15.7. The maximum atomic E-state index is 13.5. The molecule has 2 N–H and O–H groups in total. The summed E-state index contributed by atoms with van der Waals surface area (Å²) in [5.41, 5.74) is 6.32. The van der Waals surface area contributed by atoms with Crippen LogP contribution in [-0.2, 0) is 17.5 Å². The number of aromatic nitrogens is 1. The Morgan fingerprint density at radius 3 is 2.61 bits per heavy atom. The Morgan fingerprint density at radius 1 is 1.18 bits per heavy atom. The fourth-order valence-corrected chi connectivity index (χ4v) is 4.91. The third kappa shape index (κ3) is 5.52. The molecule has 0 saturated carbocycles. The Hall–Kier alpha value is -2.53. The van der Waals surface area contributed by atoms with E-state index in [0.717, 1.165) is 56.2 Å². The standard InChI is InChI=1S/C23H25F3N4O2S/c1-29-6-8-30(9-7-29)10-11-32-14-15-12-16(23(24,25)26)13-19-20(15)28-22(33-19)18-5-3-2-4-17(18)21(27)31/h2-5,12-13H,6-11,14H2,1H3,(H2,27,31). The minimum atomic E-state index is -4.49. The molecule has 1 amide bonds. The van der Waals surface area contributed by atoms with E-state index < -0.39 is 17.6 Å². The van der Waals surface area contributed by atoms with Gasteiger partial charge in [-0.2, -0.15) is 13.2 Å². The van der Waals surface area contributed by atoms with Crippen LogP contribution in [0.1, 0.15) is 21.5 Å². The quantitative estimate of drug-likeness (QED) is 0.523. The zero-order chi connectivity index (χ0) is 23.6. The summed E-state index contributed by atoms with van der Waals surface area (Å²) in [6, 6.07) is 8.87. The minimum Gasteiger partial charge on any atom is -0.375 e. The van der Waals surface area contributed by atoms with Crippen molar-refractivity contribution in [1.82, 2.24) is 14.8 Å². The van der Waals surface area contributed by atoms with Crippen LogP contribution in [0.15, 0.2) is 36.4 Å². The SMILES string of the molecule is CN1CCN(CCOCc2cc(C(F)(F)F)cc3sc(-c4ccccc4C(N)=O)nc23)CC1. The van der Waals surface area contributed by atoms with E-state index in [4.69, 9.17) is 10.5 Å². The predicted molar refractivity (Wildman–Crippen MR) is 122 cm³/mol. The van der Waals surface area contributed by atoms with Gasteiger partial charge in [0.2, 0.25) is 5.91 Å². The van der Waals surface area contributed by atoms with Crippen LogP contribution in [0.5, 0.6) is 0 Å². The average molecular weight is 479 g/mol. The van der Waals surface area contributed by atoms with E-state index in [1.54, 1.807) is 24.3 Å². The third-order valence-electron chi connectivity index (χ3n) is 5.73. The number of halogens is 3. The van der Waals surface area contributed by atoms with E-state index in [0.29, 0.717) is 33.0 Å². The number of alkyl halides is 3. The summed E-state index contributed by atoms with van der Waals surface area (Å²) in [6.07, 6.45) is -4.49. The molecule has 33 heavy (non-hydrogen) atoms. The number of fused-ring (bicyclic) bond motifs is 1. The van der Waals surface area contributed by atoms with Crippen LogP contribution in [0.4, 0.5) is 13.2 Å². The Morgan fingerprint density at radius 2 is 1.91 bits per heavy atom. The highest BCUT2D eigenvalue weighted by Crippen LogP contribution is 2.38. The summed E-state index contributed by atoms with van der Waals surface area (Å²) < 4.78 is 46.7. The molecule has 1 saturated heterocycles. The molecule has 6 nitrogen and oxygen atoms in total. The molecule has 2 heterocycles. The number of carbonyl (C=O) groups is 1. The second-order valence-corrected chi connectivity index (χ2v) is 9.14. The van der Waals surface area contributed by atoms with Gasteiger partial charge in [-0.1, -0.05) is 18.2 Å². The van der Waals surface area contributed by atoms with Crippen molar-refractivity contribution in [3.05, 3.63) is 53.1 Å². The van der Waals surface area contributed by atoms with E-state index >= 15 is 0 Å². The second kappa shape index (κ2) is 9.76. The van der Waals surface area contributed by atoms with Gasteiger partial charge in [-0.3, -0.25) is 9.69 Å². The van der Waals surface area contributed by atoms with Crippen LogP contribution in [-0.4, -0.2) is 67.1 Å². The number of primary amides is 1. The third-order valence-corrected chi connectivity index (χ3v) is 6.77. The number of carbonyl (C=O) groups excluding carboxylic acids is 1. The van der Waals surface area contributed by atoms with Crippen molar-refractivity contribution in [2.45, 2.75) is 12.8 Å². The summed E-state index contributed by atoms with van der Waals surface area (Å²) in [5.74, 6) is -0.617. The molecule has 10 heteroatoms. The molecular formula is C23H25F3N4O2S. The van der Waals surface area contributed by atoms with Crippen molar-refractivity contribution in [2.24, 2.45) is 5.73 Å². The van der Waals surface area contributed by atoms with E-state index in [-0.39, 0.29) is 12.2 Å². The van der Waals surface area contributed by atoms with Gasteiger partial charge < -0.3 is 15.4 Å². The van der Waals surface area contributed by atoms with Crippen LogP contribution in [0, 0.1) is 0 Å². The zero-order valence-electron chi connectivity index (χ0n) is 18.2. The number of benzene rings is 2. The maximum absolute atomic E-state index is 13.5. The summed E-state index contributed by atoms with van der Waals surface area (Å²) in [5, 5.41) is 0.442. The highest BCUT2D eigenvalue weighted by Gasteiger charge is 2.32. The van der Waals surface area contributed by atoms with Gasteiger partial charge in [0.15, 0.2) is 0 Å². The van der Waals surface area contributed by atoms with E-state index in [1.165, 1.54) is 0 Å². The van der Waals surface area contributed by atoms with Gasteiger partial charge in [-0.15, -0.1) is 11.3 Å². The monoisotopic (exact) mass is 478 g/mol. The molecule has 0 radical (unpaired) electrons. The van der Waals surface area contributed by atoms with Crippen LogP contribution in [0.25, 0.3) is 20.8 Å². The van der Waals surface area contributed by atoms with Crippen LogP contribution in [0.2, 0.25) is 0 Å². The first kappa shape index (κ1) is 23.6. The Balaban J connectivity index is 1.59. The van der Waals surface area contributed by atoms with Gasteiger partial charge in [0.05, 0.1) is 29.0 Å². The molecule has 0 unspecified atom stereocenters. The lowest BCUT2D eigenvalue weighted by molar-refractivity contribution is -0.137. The van der Waals surface area contributed by atoms with Crippen molar-refractivity contribution < 1.29 is 22.7 Å². The number of thiazole rings is 1. The highest BCUT2D eigenvalue weighted by atomic mass is 32.1. The number of hydrogen-bond acceptors (Lipinski definition) is 6. The first-order valence-electron chi connectivity index (χ1n) is 10.6. The molecule has 2 aromatic carbocycles. The molecule has 3 aromatic rings. The van der Waals surface area contributed by atoms with Gasteiger partial charge in [0.1, 0.15) is 5.01 Å². The fourth-order valence-electron chi connectivity index (χ4n) is 3.82. The van der Waals surface area contributed by atoms with Crippen LogP contribution >= 0.6 is 11.3 Å². The van der Waals surface area contributed by atoms with Crippen molar-refractivity contribution in [1.29, 1.82) is 0 Å². The van der Waals surface area contributed by atoms with E-state index in [2.05, 4.69) is 21.8 Å². The summed E-state index contributed by atoms with van der Waals surface area (Å²) in [7, 11) is 2.08. The normalized spacial score (nSPS) is 15.9. The molecule has 1 aromatic heterocycles. The molecule has 0 spiro atoms. The van der Waals surface area contributed by atoms with Gasteiger partial charge in [-0.05, 0) is 25.2 Å². The molecule has 1 fully saturated rings. The molecule has 1 aliphatic rings. The average Bonchev–Trinajstić information content (AvgIpc) is 3.21. The topological polar surface area (TPSA) is 71.7 Å². The van der Waals surface area contributed by atoms with Crippen LogP contribution in [0.3, 0.4) is 0 Å². The van der Waals surface area contributed by atoms with Crippen molar-refractivity contribution in [2.75, 3.05) is 46.4 Å². The fraction of sp³-hybridized carbons (Fsp3) is 0.391. The van der Waals surface area contributed by atoms with Crippen molar-refractivity contribution in [3.8, 4) is 10.6 Å². The van der Waals surface area contributed by atoms with Gasteiger partial charge in [0.25, 0.3) is 0 Å². The number of piperazine rings is 1. The summed E-state index contributed by atoms with van der Waals surface area (Å²) in [4.78, 5) is 20.9. The number of amides is 1. The summed E-state index contributed by atoms with van der Waals surface area (Å²) in [6.45, 7) is 5.04. The van der Waals surface area contributed by atoms with Gasteiger partial charge in [-0.25, -0.2) is 4.98 Å². The Bertz CT molecular complexity index is 1140. The smallest absolute Gasteiger partial charge is 0.375 e. The molecule has 4 rings (SSSR count). The lowest BCUT2D eigenvalue weighted by atomic mass is 10.1. The highest BCUT2D eigenvalue weighted by molar-refractivity contribution is 7.21. The molecule has 176 valence electrons. The van der Waals surface area contributed by atoms with E-state index in [1.807, 2.05) is 0 Å². The van der Waals surface area contributed by atoms with Crippen molar-refractivity contribution >= 4 is 27.5 Å². The molecule has 0 atom stereocenters. The number of likely N-dealkylation sites (N-methyl/N-ethyl adjacent to an activating group) is 1. The molecule has 1 aliphatic heterocycles. The molecule has 0 aliphatic carbocycles. The number of nitrogens with zero attached hydrogens (tertiary/aromatic N) is 3. The number of ether oxygens (including phenoxy) is 1. The lowest BCUT2D eigenvalue weighted by Gasteiger charge is -2.32. The largest absolute Gasteiger partial charge is 0.416 e. The first-order valence-corrected chi connectivity index (χ1v) is 11.4. The van der Waals surface area contributed by atoms with Gasteiger partial charge in [0, 0.05) is 49.4 Å². The molecule has 0 bridgehead atoms. The number of nitrogens with two attached hydrogens (primary N) is 1. The zero-order valence-corrected chi connectivity index (χ0v) is 19.0. The lowest BCUT2D eigenvalue weighted by Crippen LogP contribution is -2.45. The Kier molecular flexibility index (Phi) is 6.99. The minimum absolute atomic E-state index is 0.0226. The second-order valence-electron chi connectivity index (χ2n) is 8.11. The number of hydrogen-bond donors (Lipinski definition) is 1. The summed E-state index contributed by atoms with van der Waals surface area (Å²) >= 11 is 1.10. The predicted octanol–water partition coefficient (Wildman–Crippen LogP) is 3.85. The number of rotatable bonds is 7. The maximum Gasteiger partial charge on any atom is 0.416 e. The van der Waals surface area contributed by atoms with Gasteiger partial charge >= 0.3 is 6.18 Å². The van der Waals surface area contributed by atoms with E-state index in [9.17, 15) is 18.0 Å².